The summed E-state index contributed by atoms with van der Waals surface area (Å²) in [5.74, 6) is 0.729. The first-order valence-corrected chi connectivity index (χ1v) is 8.86. The van der Waals surface area contributed by atoms with Crippen molar-refractivity contribution in [1.82, 2.24) is 0 Å². The van der Waals surface area contributed by atoms with Gasteiger partial charge in [-0.3, -0.25) is 0 Å². The average molecular weight is 340 g/mol. The second-order valence-electron chi connectivity index (χ2n) is 4.68. The lowest BCUT2D eigenvalue weighted by Crippen LogP contribution is -2.26. The van der Waals surface area contributed by atoms with Gasteiger partial charge in [0.2, 0.25) is 10.0 Å². The largest absolute Gasteiger partial charge is 0.486 e. The molecule has 23 heavy (non-hydrogen) atoms. The third-order valence-corrected chi connectivity index (χ3v) is 4.09. The number of nitrogens with zero attached hydrogens (tertiary/aromatic N) is 1. The van der Waals surface area contributed by atoms with Crippen LogP contribution in [0, 0.1) is 0 Å². The molecule has 0 atom stereocenters. The quantitative estimate of drug-likeness (QED) is 0.661. The van der Waals surface area contributed by atoms with Crippen molar-refractivity contribution in [3.05, 3.63) is 37.4 Å². The SMILES string of the molecule is C=CCOc1cc(N(CC)CC)c(S(N)(=O)=O)cc1OCC=C. The number of benzene rings is 1. The first-order valence-electron chi connectivity index (χ1n) is 7.32. The van der Waals surface area contributed by atoms with Crippen molar-refractivity contribution in [3.8, 4) is 11.5 Å². The second-order valence-corrected chi connectivity index (χ2v) is 6.21. The summed E-state index contributed by atoms with van der Waals surface area (Å²) < 4.78 is 35.0. The Labute approximate surface area is 138 Å². The standard InChI is InChI=1S/C16H24N2O4S/c1-5-9-21-14-11-13(18(7-3)8-4)16(23(17,19)20)12-15(14)22-10-6-2/h5-6,11-12H,1-2,7-10H2,3-4H3,(H2,17,19,20). The third-order valence-electron chi connectivity index (χ3n) is 3.15. The first-order chi connectivity index (χ1) is 10.9. The summed E-state index contributed by atoms with van der Waals surface area (Å²) in [4.78, 5) is 1.89. The number of nitrogens with two attached hydrogens (primary N) is 1. The molecule has 0 fully saturated rings. The van der Waals surface area contributed by atoms with Crippen LogP contribution in [0.1, 0.15) is 13.8 Å². The van der Waals surface area contributed by atoms with E-state index in [0.717, 1.165) is 0 Å². The highest BCUT2D eigenvalue weighted by atomic mass is 32.2. The van der Waals surface area contributed by atoms with Gasteiger partial charge in [-0.1, -0.05) is 25.3 Å². The number of hydrogen-bond acceptors (Lipinski definition) is 5. The van der Waals surface area contributed by atoms with Crippen LogP contribution >= 0.6 is 0 Å². The van der Waals surface area contributed by atoms with E-state index in [-0.39, 0.29) is 18.1 Å². The molecule has 2 N–H and O–H groups in total. The van der Waals surface area contributed by atoms with E-state index >= 15 is 0 Å². The van der Waals surface area contributed by atoms with Gasteiger partial charge in [0.05, 0.1) is 5.69 Å². The number of ether oxygens (including phenoxy) is 2. The van der Waals surface area contributed by atoms with E-state index < -0.39 is 10.0 Å². The van der Waals surface area contributed by atoms with Gasteiger partial charge in [0, 0.05) is 25.2 Å². The number of hydrogen-bond donors (Lipinski definition) is 1. The summed E-state index contributed by atoms with van der Waals surface area (Å²) in [5, 5.41) is 5.37. The van der Waals surface area contributed by atoms with E-state index in [9.17, 15) is 8.42 Å². The van der Waals surface area contributed by atoms with Crippen molar-refractivity contribution in [3.63, 3.8) is 0 Å². The third kappa shape index (κ3) is 5.01. The smallest absolute Gasteiger partial charge is 0.240 e. The van der Waals surface area contributed by atoms with Crippen molar-refractivity contribution in [2.24, 2.45) is 5.14 Å². The Hall–Kier alpha value is -1.99. The van der Waals surface area contributed by atoms with Crippen molar-refractivity contribution < 1.29 is 17.9 Å². The topological polar surface area (TPSA) is 81.9 Å². The maximum Gasteiger partial charge on any atom is 0.240 e. The van der Waals surface area contributed by atoms with Crippen LogP contribution in [0.2, 0.25) is 0 Å². The molecule has 7 heteroatoms. The molecule has 0 unspecified atom stereocenters. The van der Waals surface area contributed by atoms with Crippen LogP contribution in [0.3, 0.4) is 0 Å². The van der Waals surface area contributed by atoms with Gasteiger partial charge in [-0.05, 0) is 13.8 Å². The molecule has 0 radical (unpaired) electrons. The lowest BCUT2D eigenvalue weighted by Gasteiger charge is -2.25. The molecule has 1 aromatic rings. The minimum absolute atomic E-state index is 0.00575. The number of primary sulfonamides is 1. The maximum atomic E-state index is 12.0. The van der Waals surface area contributed by atoms with Crippen molar-refractivity contribution in [1.29, 1.82) is 0 Å². The molecule has 0 bridgehead atoms. The molecule has 1 aromatic carbocycles. The van der Waals surface area contributed by atoms with Crippen LogP contribution in [0.4, 0.5) is 5.69 Å². The summed E-state index contributed by atoms with van der Waals surface area (Å²) >= 11 is 0. The Morgan fingerprint density at radius 1 is 1.09 bits per heavy atom. The zero-order valence-electron chi connectivity index (χ0n) is 13.6. The Morgan fingerprint density at radius 2 is 1.57 bits per heavy atom. The minimum atomic E-state index is -3.91. The number of rotatable bonds is 10. The van der Waals surface area contributed by atoms with Gasteiger partial charge in [0.1, 0.15) is 18.1 Å². The molecule has 0 aliphatic carbocycles. The van der Waals surface area contributed by atoms with E-state index in [1.165, 1.54) is 6.07 Å². The van der Waals surface area contributed by atoms with Crippen LogP contribution < -0.4 is 19.5 Å². The molecule has 0 aliphatic heterocycles. The van der Waals surface area contributed by atoms with E-state index in [2.05, 4.69) is 13.2 Å². The van der Waals surface area contributed by atoms with Gasteiger partial charge in [0.15, 0.2) is 11.5 Å². The summed E-state index contributed by atoms with van der Waals surface area (Å²) in [6.45, 7) is 12.8. The van der Waals surface area contributed by atoms with E-state index in [1.54, 1.807) is 18.2 Å². The average Bonchev–Trinajstić information content (AvgIpc) is 2.51. The van der Waals surface area contributed by atoms with E-state index in [0.29, 0.717) is 30.3 Å². The molecule has 128 valence electrons. The predicted octanol–water partition coefficient (Wildman–Crippen LogP) is 2.31. The zero-order chi connectivity index (χ0) is 17.5. The number of sulfonamides is 1. The predicted molar refractivity (Wildman–Crippen MR) is 92.8 cm³/mol. The van der Waals surface area contributed by atoms with Crippen molar-refractivity contribution >= 4 is 15.7 Å². The lowest BCUT2D eigenvalue weighted by atomic mass is 10.2. The highest BCUT2D eigenvalue weighted by Crippen LogP contribution is 2.37. The molecular weight excluding hydrogens is 316 g/mol. The van der Waals surface area contributed by atoms with Crippen LogP contribution in [-0.4, -0.2) is 34.7 Å². The van der Waals surface area contributed by atoms with Gasteiger partial charge in [-0.15, -0.1) is 0 Å². The maximum absolute atomic E-state index is 12.0. The fourth-order valence-electron chi connectivity index (χ4n) is 2.09. The summed E-state index contributed by atoms with van der Waals surface area (Å²) in [5.41, 5.74) is 0.488. The monoisotopic (exact) mass is 340 g/mol. The van der Waals surface area contributed by atoms with Crippen molar-refractivity contribution in [2.45, 2.75) is 18.7 Å². The first kappa shape index (κ1) is 19.1. The number of anilines is 1. The fraction of sp³-hybridized carbons (Fsp3) is 0.375. The summed E-state index contributed by atoms with van der Waals surface area (Å²) in [6.07, 6.45) is 3.16. The minimum Gasteiger partial charge on any atom is -0.486 e. The molecule has 1 rings (SSSR count). The lowest BCUT2D eigenvalue weighted by molar-refractivity contribution is 0.307. The highest BCUT2D eigenvalue weighted by Gasteiger charge is 2.22. The highest BCUT2D eigenvalue weighted by molar-refractivity contribution is 7.89. The van der Waals surface area contributed by atoms with Gasteiger partial charge >= 0.3 is 0 Å². The molecule has 0 aliphatic rings. The Kier molecular flexibility index (Phi) is 7.12. The van der Waals surface area contributed by atoms with Crippen LogP contribution in [0.5, 0.6) is 11.5 Å². The van der Waals surface area contributed by atoms with Crippen LogP contribution in [-0.2, 0) is 10.0 Å². The van der Waals surface area contributed by atoms with E-state index in [1.807, 2.05) is 18.7 Å². The summed E-state index contributed by atoms with van der Waals surface area (Å²) in [6, 6.07) is 3.03. The van der Waals surface area contributed by atoms with Gasteiger partial charge in [-0.2, -0.15) is 0 Å². The van der Waals surface area contributed by atoms with Crippen molar-refractivity contribution in [2.75, 3.05) is 31.2 Å². The van der Waals surface area contributed by atoms with Crippen LogP contribution in [0.15, 0.2) is 42.3 Å². The summed E-state index contributed by atoms with van der Waals surface area (Å²) in [7, 11) is -3.91. The van der Waals surface area contributed by atoms with E-state index in [4.69, 9.17) is 14.6 Å². The second kappa shape index (κ2) is 8.59. The normalized spacial score (nSPS) is 10.9. The zero-order valence-corrected chi connectivity index (χ0v) is 14.4. The molecule has 0 amide bonds. The molecule has 0 spiro atoms. The Bertz CT molecular complexity index is 652. The molecule has 0 saturated heterocycles. The fourth-order valence-corrected chi connectivity index (χ4v) is 2.84. The van der Waals surface area contributed by atoms with Gasteiger partial charge in [0.25, 0.3) is 0 Å². The van der Waals surface area contributed by atoms with Crippen LogP contribution in [0.25, 0.3) is 0 Å². The van der Waals surface area contributed by atoms with Gasteiger partial charge in [-0.25, -0.2) is 13.6 Å². The molecule has 6 nitrogen and oxygen atoms in total. The Morgan fingerprint density at radius 3 is 1.96 bits per heavy atom. The Balaban J connectivity index is 3.52. The molecule has 0 saturated carbocycles. The molecular formula is C16H24N2O4S. The van der Waals surface area contributed by atoms with Gasteiger partial charge < -0.3 is 14.4 Å². The molecule has 0 aromatic heterocycles. The molecule has 0 heterocycles.